The summed E-state index contributed by atoms with van der Waals surface area (Å²) >= 11 is 0.887. The molecule has 0 unspecified atom stereocenters. The highest BCUT2D eigenvalue weighted by molar-refractivity contribution is 7.89. The number of benzene rings is 1. The van der Waals surface area contributed by atoms with Gasteiger partial charge in [-0.2, -0.15) is 0 Å². The standard InChI is InChI=1S/C10H10N4O5S2/c11-7-2-1-3-8(9(7)14(16)17)21(18,19)12-4-6-5-20-10(15)13-6/h1-3,5,12H,4,11H2,(H,13,15). The number of H-pyrrole nitrogens is 1. The van der Waals surface area contributed by atoms with Gasteiger partial charge in [-0.1, -0.05) is 17.4 Å². The van der Waals surface area contributed by atoms with Crippen LogP contribution in [0.1, 0.15) is 5.69 Å². The van der Waals surface area contributed by atoms with Gasteiger partial charge in [-0.25, -0.2) is 13.1 Å². The van der Waals surface area contributed by atoms with Gasteiger partial charge >= 0.3 is 10.6 Å². The molecule has 1 heterocycles. The number of anilines is 1. The Morgan fingerprint density at radius 1 is 1.43 bits per heavy atom. The Morgan fingerprint density at radius 3 is 2.71 bits per heavy atom. The van der Waals surface area contributed by atoms with Gasteiger partial charge in [-0.3, -0.25) is 14.9 Å². The second kappa shape index (κ2) is 5.63. The van der Waals surface area contributed by atoms with Crippen LogP contribution in [0.25, 0.3) is 0 Å². The second-order valence-electron chi connectivity index (χ2n) is 3.95. The lowest BCUT2D eigenvalue weighted by Gasteiger charge is -2.07. The Balaban J connectivity index is 2.34. The van der Waals surface area contributed by atoms with E-state index >= 15 is 0 Å². The van der Waals surface area contributed by atoms with Crippen LogP contribution >= 0.6 is 11.3 Å². The van der Waals surface area contributed by atoms with Crippen LogP contribution in [0.2, 0.25) is 0 Å². The van der Waals surface area contributed by atoms with Gasteiger partial charge in [-0.05, 0) is 12.1 Å². The number of nitrogens with one attached hydrogen (secondary N) is 2. The van der Waals surface area contributed by atoms with Crippen molar-refractivity contribution in [2.45, 2.75) is 11.4 Å². The van der Waals surface area contributed by atoms with E-state index in [1.165, 1.54) is 17.5 Å². The number of rotatable bonds is 5. The maximum absolute atomic E-state index is 12.1. The molecule has 11 heteroatoms. The van der Waals surface area contributed by atoms with Gasteiger partial charge in [0.05, 0.1) is 11.5 Å². The molecule has 1 aromatic heterocycles. The molecule has 1 aromatic carbocycles. The first kappa shape index (κ1) is 15.2. The van der Waals surface area contributed by atoms with Crippen molar-refractivity contribution in [3.63, 3.8) is 0 Å². The summed E-state index contributed by atoms with van der Waals surface area (Å²) in [7, 11) is -4.14. The van der Waals surface area contributed by atoms with Crippen molar-refractivity contribution < 1.29 is 13.3 Å². The summed E-state index contributed by atoms with van der Waals surface area (Å²) in [4.78, 5) is 22.6. The van der Waals surface area contributed by atoms with E-state index in [4.69, 9.17) is 5.73 Å². The molecule has 0 fully saturated rings. The van der Waals surface area contributed by atoms with Crippen molar-refractivity contribution in [3.05, 3.63) is 49.1 Å². The van der Waals surface area contributed by atoms with Crippen LogP contribution in [-0.2, 0) is 16.6 Å². The first-order chi connectivity index (χ1) is 9.81. The zero-order valence-electron chi connectivity index (χ0n) is 10.4. The summed E-state index contributed by atoms with van der Waals surface area (Å²) in [6, 6.07) is 3.64. The van der Waals surface area contributed by atoms with Crippen LogP contribution in [0.15, 0.2) is 33.3 Å². The minimum atomic E-state index is -4.14. The van der Waals surface area contributed by atoms with Crippen LogP contribution in [0.3, 0.4) is 0 Å². The molecule has 4 N–H and O–H groups in total. The summed E-state index contributed by atoms with van der Waals surface area (Å²) in [5.74, 6) is 0. The van der Waals surface area contributed by atoms with E-state index in [9.17, 15) is 23.3 Å². The van der Waals surface area contributed by atoms with Gasteiger partial charge in [0.25, 0.3) is 0 Å². The van der Waals surface area contributed by atoms with E-state index in [1.807, 2.05) is 0 Å². The SMILES string of the molecule is Nc1cccc(S(=O)(=O)NCc2csc(=O)[nH]2)c1[N+](=O)[O-]. The molecule has 0 aliphatic carbocycles. The van der Waals surface area contributed by atoms with Crippen molar-refractivity contribution in [2.24, 2.45) is 0 Å². The van der Waals surface area contributed by atoms with Gasteiger partial charge in [-0.15, -0.1) is 0 Å². The molecular weight excluding hydrogens is 320 g/mol. The van der Waals surface area contributed by atoms with Crippen LogP contribution in [0, 0.1) is 10.1 Å². The Morgan fingerprint density at radius 2 is 2.14 bits per heavy atom. The third-order valence-electron chi connectivity index (χ3n) is 2.53. The number of nitro groups is 1. The summed E-state index contributed by atoms with van der Waals surface area (Å²) in [5, 5.41) is 12.4. The quantitative estimate of drug-likeness (QED) is 0.410. The van der Waals surface area contributed by atoms with Gasteiger partial charge in [0, 0.05) is 11.1 Å². The molecule has 0 saturated heterocycles. The number of nitrogens with zero attached hydrogens (tertiary/aromatic N) is 1. The molecule has 2 rings (SSSR count). The largest absolute Gasteiger partial charge is 0.393 e. The number of sulfonamides is 1. The second-order valence-corrected chi connectivity index (χ2v) is 6.53. The number of para-hydroxylation sites is 1. The lowest BCUT2D eigenvalue weighted by atomic mass is 10.3. The average Bonchev–Trinajstić information content (AvgIpc) is 2.82. The first-order valence-corrected chi connectivity index (χ1v) is 7.87. The van der Waals surface area contributed by atoms with Crippen LogP contribution in [-0.4, -0.2) is 18.3 Å². The lowest BCUT2D eigenvalue weighted by molar-refractivity contribution is -0.386. The predicted molar refractivity (Wildman–Crippen MR) is 76.5 cm³/mol. The highest BCUT2D eigenvalue weighted by atomic mass is 32.2. The Bertz CT molecular complexity index is 839. The molecule has 0 aliphatic heterocycles. The number of nitrogens with two attached hydrogens (primary N) is 1. The molecule has 21 heavy (non-hydrogen) atoms. The summed E-state index contributed by atoms with van der Waals surface area (Å²) in [6.45, 7) is -0.187. The fourth-order valence-electron chi connectivity index (χ4n) is 1.60. The lowest BCUT2D eigenvalue weighted by Crippen LogP contribution is -2.24. The number of thiazole rings is 1. The third-order valence-corrected chi connectivity index (χ3v) is 4.68. The molecule has 0 amide bonds. The first-order valence-electron chi connectivity index (χ1n) is 5.50. The number of hydrogen-bond acceptors (Lipinski definition) is 7. The summed E-state index contributed by atoms with van der Waals surface area (Å²) in [6.07, 6.45) is 0. The van der Waals surface area contributed by atoms with Crippen molar-refractivity contribution in [3.8, 4) is 0 Å². The maximum atomic E-state index is 12.1. The van der Waals surface area contributed by atoms with Gasteiger partial charge < -0.3 is 10.7 Å². The fourth-order valence-corrected chi connectivity index (χ4v) is 3.39. The fraction of sp³-hybridized carbons (Fsp3) is 0.100. The van der Waals surface area contributed by atoms with E-state index < -0.39 is 25.5 Å². The number of aromatic amines is 1. The molecule has 2 aromatic rings. The third kappa shape index (κ3) is 3.26. The van der Waals surface area contributed by atoms with Crippen molar-refractivity contribution in [2.75, 3.05) is 5.73 Å². The molecule has 9 nitrogen and oxygen atoms in total. The van der Waals surface area contributed by atoms with Crippen LogP contribution in [0.5, 0.6) is 0 Å². The van der Waals surface area contributed by atoms with Gasteiger partial charge in [0.1, 0.15) is 5.69 Å². The van der Waals surface area contributed by atoms with Crippen LogP contribution < -0.4 is 15.3 Å². The zero-order chi connectivity index (χ0) is 15.6. The summed E-state index contributed by atoms with van der Waals surface area (Å²) in [5.41, 5.74) is 4.89. The van der Waals surface area contributed by atoms with Crippen LogP contribution in [0.4, 0.5) is 11.4 Å². The van der Waals surface area contributed by atoms with E-state index in [0.29, 0.717) is 5.69 Å². The highest BCUT2D eigenvalue weighted by Gasteiger charge is 2.27. The normalized spacial score (nSPS) is 11.4. The molecule has 0 saturated carbocycles. The number of nitro benzene ring substituents is 1. The Hall–Kier alpha value is -2.24. The van der Waals surface area contributed by atoms with E-state index in [0.717, 1.165) is 17.4 Å². The predicted octanol–water partition coefficient (Wildman–Crippen LogP) is 0.405. The molecule has 0 radical (unpaired) electrons. The Labute approximate surface area is 122 Å². The van der Waals surface area contributed by atoms with E-state index in [-0.39, 0.29) is 17.1 Å². The van der Waals surface area contributed by atoms with Crippen molar-refractivity contribution in [1.82, 2.24) is 9.71 Å². The average molecular weight is 330 g/mol. The Kier molecular flexibility index (Phi) is 4.06. The zero-order valence-corrected chi connectivity index (χ0v) is 12.0. The minimum Gasteiger partial charge on any atom is -0.393 e. The number of aromatic nitrogens is 1. The molecule has 0 atom stereocenters. The molecule has 0 bridgehead atoms. The van der Waals surface area contributed by atoms with Gasteiger partial charge in [0.2, 0.25) is 10.0 Å². The molecule has 0 spiro atoms. The molecule has 112 valence electrons. The van der Waals surface area contributed by atoms with Crippen molar-refractivity contribution >= 4 is 32.7 Å². The summed E-state index contributed by atoms with van der Waals surface area (Å²) < 4.78 is 26.4. The van der Waals surface area contributed by atoms with E-state index in [2.05, 4.69) is 9.71 Å². The topological polar surface area (TPSA) is 148 Å². The van der Waals surface area contributed by atoms with Gasteiger partial charge in [0.15, 0.2) is 4.90 Å². The maximum Gasteiger partial charge on any atom is 0.312 e. The molecule has 0 aliphatic rings. The number of hydrogen-bond donors (Lipinski definition) is 3. The minimum absolute atomic E-state index is 0.187. The number of nitrogen functional groups attached to an aromatic ring is 1. The van der Waals surface area contributed by atoms with E-state index in [1.54, 1.807) is 0 Å². The van der Waals surface area contributed by atoms with Crippen molar-refractivity contribution in [1.29, 1.82) is 0 Å². The monoisotopic (exact) mass is 330 g/mol. The smallest absolute Gasteiger partial charge is 0.312 e. The highest BCUT2D eigenvalue weighted by Crippen LogP contribution is 2.29. The molecular formula is C10H10N4O5S2.